The number of amides is 1. The van der Waals surface area contributed by atoms with Gasteiger partial charge in [0.05, 0.1) is 30.6 Å². The minimum absolute atomic E-state index is 0.0496. The molecule has 7 nitrogen and oxygen atoms in total. The summed E-state index contributed by atoms with van der Waals surface area (Å²) in [4.78, 5) is 17.1. The van der Waals surface area contributed by atoms with Crippen LogP contribution in [0.2, 0.25) is 0 Å². The first-order valence-electron chi connectivity index (χ1n) is 9.82. The van der Waals surface area contributed by atoms with Crippen LogP contribution < -0.4 is 0 Å². The van der Waals surface area contributed by atoms with E-state index in [0.717, 1.165) is 38.3 Å². The first-order valence-corrected chi connectivity index (χ1v) is 9.82. The van der Waals surface area contributed by atoms with Crippen LogP contribution in [-0.2, 0) is 16.1 Å². The van der Waals surface area contributed by atoms with E-state index in [1.807, 2.05) is 9.58 Å². The van der Waals surface area contributed by atoms with Crippen LogP contribution in [0.3, 0.4) is 0 Å². The van der Waals surface area contributed by atoms with E-state index in [4.69, 9.17) is 4.74 Å². The van der Waals surface area contributed by atoms with Gasteiger partial charge >= 0.3 is 0 Å². The predicted octanol–water partition coefficient (Wildman–Crippen LogP) is 1.61. The summed E-state index contributed by atoms with van der Waals surface area (Å²) in [6.07, 6.45) is 9.94. The number of hydrogen-bond donors (Lipinski definition) is 0. The second-order valence-corrected chi connectivity index (χ2v) is 7.57. The summed E-state index contributed by atoms with van der Waals surface area (Å²) in [7, 11) is 0. The number of aromatic nitrogens is 3. The second-order valence-electron chi connectivity index (χ2n) is 7.57. The fraction of sp³-hybridized carbons (Fsp3) is 0.833. The van der Waals surface area contributed by atoms with Crippen LogP contribution in [0.4, 0.5) is 0 Å². The lowest BCUT2D eigenvalue weighted by Gasteiger charge is -2.41. The van der Waals surface area contributed by atoms with Crippen LogP contribution in [0.25, 0.3) is 0 Å². The Morgan fingerprint density at radius 1 is 1.16 bits per heavy atom. The van der Waals surface area contributed by atoms with Gasteiger partial charge in [-0.15, -0.1) is 5.10 Å². The molecule has 0 spiro atoms. The average molecular weight is 347 g/mol. The lowest BCUT2D eigenvalue weighted by molar-refractivity contribution is -0.140. The molecule has 0 bridgehead atoms. The maximum atomic E-state index is 12.7. The van der Waals surface area contributed by atoms with E-state index in [2.05, 4.69) is 15.2 Å². The molecule has 3 aliphatic rings. The molecule has 25 heavy (non-hydrogen) atoms. The maximum absolute atomic E-state index is 12.7. The smallest absolute Gasteiger partial charge is 0.223 e. The van der Waals surface area contributed by atoms with Crippen LogP contribution in [-0.4, -0.2) is 69.5 Å². The molecular formula is C18H29N5O2. The largest absolute Gasteiger partial charge is 0.368 e. The van der Waals surface area contributed by atoms with Gasteiger partial charge in [-0.1, -0.05) is 24.5 Å². The first kappa shape index (κ1) is 17.0. The van der Waals surface area contributed by atoms with E-state index < -0.39 is 0 Å². The molecule has 2 atom stereocenters. The highest BCUT2D eigenvalue weighted by Crippen LogP contribution is 2.30. The van der Waals surface area contributed by atoms with Crippen molar-refractivity contribution in [1.82, 2.24) is 24.8 Å². The van der Waals surface area contributed by atoms with Gasteiger partial charge in [0.25, 0.3) is 0 Å². The zero-order chi connectivity index (χ0) is 17.1. The zero-order valence-corrected chi connectivity index (χ0v) is 15.0. The van der Waals surface area contributed by atoms with E-state index in [1.54, 1.807) is 6.20 Å². The van der Waals surface area contributed by atoms with Crippen molar-refractivity contribution in [3.8, 4) is 0 Å². The Kier molecular flexibility index (Phi) is 5.31. The number of carbonyl (C=O) groups is 1. The molecule has 0 radical (unpaired) electrons. The average Bonchev–Trinajstić information content (AvgIpc) is 3.09. The summed E-state index contributed by atoms with van der Waals surface area (Å²) >= 11 is 0. The first-order chi connectivity index (χ1) is 12.3. The molecule has 3 aliphatic heterocycles. The van der Waals surface area contributed by atoms with E-state index in [-0.39, 0.29) is 18.1 Å². The minimum Gasteiger partial charge on any atom is -0.368 e. The van der Waals surface area contributed by atoms with E-state index in [0.29, 0.717) is 19.6 Å². The molecule has 4 heterocycles. The molecule has 0 saturated carbocycles. The Morgan fingerprint density at radius 2 is 1.96 bits per heavy atom. The summed E-state index contributed by atoms with van der Waals surface area (Å²) in [6, 6.07) is 0.227. The zero-order valence-electron chi connectivity index (χ0n) is 15.0. The fourth-order valence-electron chi connectivity index (χ4n) is 4.36. The Hall–Kier alpha value is -1.47. The van der Waals surface area contributed by atoms with Crippen molar-refractivity contribution < 1.29 is 9.53 Å². The molecule has 0 unspecified atom stereocenters. The quantitative estimate of drug-likeness (QED) is 0.831. The summed E-state index contributed by atoms with van der Waals surface area (Å²) in [6.45, 7) is 5.22. The molecule has 1 aromatic heterocycles. The van der Waals surface area contributed by atoms with Crippen molar-refractivity contribution in [2.75, 3.05) is 32.7 Å². The van der Waals surface area contributed by atoms with Gasteiger partial charge in [0.1, 0.15) is 0 Å². The molecule has 0 aliphatic carbocycles. The second kappa shape index (κ2) is 7.83. The molecule has 4 rings (SSSR count). The van der Waals surface area contributed by atoms with Gasteiger partial charge in [0, 0.05) is 26.1 Å². The van der Waals surface area contributed by atoms with E-state index in [9.17, 15) is 4.79 Å². The van der Waals surface area contributed by atoms with Crippen LogP contribution >= 0.6 is 0 Å². The summed E-state index contributed by atoms with van der Waals surface area (Å²) in [5.41, 5.74) is 1.04. The lowest BCUT2D eigenvalue weighted by Crippen LogP contribution is -2.50. The molecule has 2 saturated heterocycles. The molecule has 1 amide bonds. The van der Waals surface area contributed by atoms with Crippen LogP contribution in [0.5, 0.6) is 0 Å². The third-order valence-electron chi connectivity index (χ3n) is 5.88. The van der Waals surface area contributed by atoms with Crippen molar-refractivity contribution in [1.29, 1.82) is 0 Å². The maximum Gasteiger partial charge on any atom is 0.223 e. The van der Waals surface area contributed by atoms with Crippen molar-refractivity contribution in [3.63, 3.8) is 0 Å². The molecule has 1 aromatic rings. The Balaban J connectivity index is 1.28. The minimum atomic E-state index is 0.0496. The van der Waals surface area contributed by atoms with Gasteiger partial charge in [-0.3, -0.25) is 4.79 Å². The third-order valence-corrected chi connectivity index (χ3v) is 5.88. The third kappa shape index (κ3) is 3.87. The standard InChI is InChI=1S/C18H29N5O2/c24-18(7-10-21-8-4-2-1-3-5-9-21)22-11-6-16-17(13-22)25-14-15-12-19-20-23(15)16/h12,16-17H,1-11,13-14H2/t16-,17-/m0/s1. The number of rotatable bonds is 3. The topological polar surface area (TPSA) is 63.5 Å². The van der Waals surface area contributed by atoms with Crippen molar-refractivity contribution in [2.24, 2.45) is 0 Å². The van der Waals surface area contributed by atoms with E-state index in [1.165, 1.54) is 32.1 Å². The highest BCUT2D eigenvalue weighted by atomic mass is 16.5. The van der Waals surface area contributed by atoms with Gasteiger partial charge in [-0.25, -0.2) is 4.68 Å². The fourth-order valence-corrected chi connectivity index (χ4v) is 4.36. The number of nitrogens with zero attached hydrogens (tertiary/aromatic N) is 5. The van der Waals surface area contributed by atoms with Crippen molar-refractivity contribution in [3.05, 3.63) is 11.9 Å². The monoisotopic (exact) mass is 347 g/mol. The van der Waals surface area contributed by atoms with Gasteiger partial charge in [-0.05, 0) is 32.4 Å². The molecular weight excluding hydrogens is 318 g/mol. The molecule has 0 N–H and O–H groups in total. The van der Waals surface area contributed by atoms with Crippen LogP contribution in [0, 0.1) is 0 Å². The molecule has 138 valence electrons. The number of likely N-dealkylation sites (tertiary alicyclic amines) is 2. The normalized spacial score (nSPS) is 27.9. The number of ether oxygens (including phenoxy) is 1. The number of carbonyl (C=O) groups excluding carboxylic acids is 1. The van der Waals surface area contributed by atoms with Crippen molar-refractivity contribution >= 4 is 5.91 Å². The number of piperidine rings is 1. The Labute approximate surface area is 149 Å². The SMILES string of the molecule is O=C(CCN1CCCCCCC1)N1CC[C@H]2[C@H](C1)OCc1cnnn12. The lowest BCUT2D eigenvalue weighted by atomic mass is 10.00. The van der Waals surface area contributed by atoms with Gasteiger partial charge in [0.2, 0.25) is 5.91 Å². The predicted molar refractivity (Wildman–Crippen MR) is 93.0 cm³/mol. The summed E-state index contributed by atoms with van der Waals surface area (Å²) < 4.78 is 7.96. The molecule has 2 fully saturated rings. The highest BCUT2D eigenvalue weighted by Gasteiger charge is 2.37. The van der Waals surface area contributed by atoms with Gasteiger partial charge in [0.15, 0.2) is 0 Å². The molecule has 0 aromatic carbocycles. The molecule has 7 heteroatoms. The number of hydrogen-bond acceptors (Lipinski definition) is 5. The summed E-state index contributed by atoms with van der Waals surface area (Å²) in [5.74, 6) is 0.272. The Morgan fingerprint density at radius 3 is 2.80 bits per heavy atom. The highest BCUT2D eigenvalue weighted by molar-refractivity contribution is 5.76. The van der Waals surface area contributed by atoms with E-state index >= 15 is 0 Å². The Bertz CT molecular complexity index is 582. The van der Waals surface area contributed by atoms with Crippen LogP contribution in [0.15, 0.2) is 6.20 Å². The number of fused-ring (bicyclic) bond motifs is 3. The van der Waals surface area contributed by atoms with Gasteiger partial charge in [-0.2, -0.15) is 0 Å². The van der Waals surface area contributed by atoms with Crippen LogP contribution in [0.1, 0.15) is 56.7 Å². The van der Waals surface area contributed by atoms with Crippen molar-refractivity contribution in [2.45, 2.75) is 63.7 Å². The van der Waals surface area contributed by atoms with Gasteiger partial charge < -0.3 is 14.5 Å². The summed E-state index contributed by atoms with van der Waals surface area (Å²) in [5, 5.41) is 8.19.